The summed E-state index contributed by atoms with van der Waals surface area (Å²) in [7, 11) is 0. The third-order valence-electron chi connectivity index (χ3n) is 4.25. The van der Waals surface area contributed by atoms with Crippen molar-refractivity contribution in [2.45, 2.75) is 18.9 Å². The van der Waals surface area contributed by atoms with E-state index in [9.17, 15) is 14.0 Å². The second-order valence-electron chi connectivity index (χ2n) is 6.04. The van der Waals surface area contributed by atoms with Crippen LogP contribution in [0.25, 0.3) is 0 Å². The topological polar surface area (TPSA) is 88.3 Å². The first-order valence-electron chi connectivity index (χ1n) is 8.36. The van der Waals surface area contributed by atoms with E-state index in [4.69, 9.17) is 4.42 Å². The van der Waals surface area contributed by atoms with Crippen molar-refractivity contribution in [1.82, 2.24) is 15.1 Å². The highest BCUT2D eigenvalue weighted by molar-refractivity contribution is 7.13. The van der Waals surface area contributed by atoms with Gasteiger partial charge in [-0.05, 0) is 43.2 Å². The number of halogens is 1. The van der Waals surface area contributed by atoms with Gasteiger partial charge in [0.2, 0.25) is 5.01 Å². The van der Waals surface area contributed by atoms with E-state index >= 15 is 0 Å². The highest BCUT2D eigenvalue weighted by Crippen LogP contribution is 2.34. The number of amides is 2. The fraction of sp³-hybridized carbons (Fsp3) is 0.222. The number of hydrogen-bond acceptors (Lipinski definition) is 6. The fourth-order valence-electron chi connectivity index (χ4n) is 3.02. The van der Waals surface area contributed by atoms with E-state index < -0.39 is 11.7 Å². The summed E-state index contributed by atoms with van der Waals surface area (Å²) in [5, 5.41) is 11.4. The number of benzene rings is 1. The molecule has 3 heterocycles. The van der Waals surface area contributed by atoms with Crippen LogP contribution in [0.15, 0.2) is 47.1 Å². The standard InChI is InChI=1S/C18H15FN4O3S/c19-11-4-1-5-12(10-11)20-15(24)17-22-21-16(27-17)13-6-2-8-23(13)18(25)14-7-3-9-26-14/h1,3-5,7,9-10,13H,2,6,8H2,(H,20,24)/t13-/m0/s1. The highest BCUT2D eigenvalue weighted by atomic mass is 32.1. The largest absolute Gasteiger partial charge is 0.459 e. The summed E-state index contributed by atoms with van der Waals surface area (Å²) in [4.78, 5) is 26.6. The SMILES string of the molecule is O=C(Nc1cccc(F)c1)c1nnc([C@@H]2CCCN2C(=O)c2ccco2)s1. The minimum absolute atomic E-state index is 0.159. The fourth-order valence-corrected chi connectivity index (χ4v) is 3.91. The molecule has 0 radical (unpaired) electrons. The molecule has 4 rings (SSSR count). The second-order valence-corrected chi connectivity index (χ2v) is 7.05. The quantitative estimate of drug-likeness (QED) is 0.741. The summed E-state index contributed by atoms with van der Waals surface area (Å²) in [5.41, 5.74) is 0.340. The van der Waals surface area contributed by atoms with Crippen LogP contribution in [0.3, 0.4) is 0 Å². The van der Waals surface area contributed by atoms with E-state index in [1.807, 2.05) is 0 Å². The molecule has 0 spiro atoms. The normalized spacial score (nSPS) is 16.5. The van der Waals surface area contributed by atoms with Crippen molar-refractivity contribution in [3.05, 3.63) is 64.3 Å². The summed E-state index contributed by atoms with van der Waals surface area (Å²) >= 11 is 1.13. The number of nitrogens with one attached hydrogen (secondary N) is 1. The van der Waals surface area contributed by atoms with Gasteiger partial charge in [0.1, 0.15) is 10.8 Å². The molecule has 2 amide bonds. The van der Waals surface area contributed by atoms with E-state index in [0.29, 0.717) is 17.2 Å². The molecule has 2 aromatic heterocycles. The Morgan fingerprint density at radius 2 is 2.15 bits per heavy atom. The number of rotatable bonds is 4. The van der Waals surface area contributed by atoms with E-state index in [0.717, 1.165) is 24.2 Å². The van der Waals surface area contributed by atoms with Crippen LogP contribution in [0.1, 0.15) is 44.2 Å². The molecule has 0 bridgehead atoms. The number of furan rings is 1. The molecule has 0 unspecified atom stereocenters. The number of nitrogens with zero attached hydrogens (tertiary/aromatic N) is 3. The minimum atomic E-state index is -0.466. The Hall–Kier alpha value is -3.07. The molecule has 138 valence electrons. The van der Waals surface area contributed by atoms with Gasteiger partial charge in [-0.2, -0.15) is 0 Å². The Kier molecular flexibility index (Phi) is 4.68. The van der Waals surface area contributed by atoms with Crippen LogP contribution in [0.2, 0.25) is 0 Å². The molecule has 27 heavy (non-hydrogen) atoms. The van der Waals surface area contributed by atoms with Crippen LogP contribution in [-0.4, -0.2) is 33.5 Å². The maximum atomic E-state index is 13.2. The molecular formula is C18H15FN4O3S. The molecule has 1 saturated heterocycles. The minimum Gasteiger partial charge on any atom is -0.459 e. The van der Waals surface area contributed by atoms with Crippen molar-refractivity contribution in [2.24, 2.45) is 0 Å². The van der Waals surface area contributed by atoms with Crippen molar-refractivity contribution in [3.63, 3.8) is 0 Å². The lowest BCUT2D eigenvalue weighted by Crippen LogP contribution is -2.30. The highest BCUT2D eigenvalue weighted by Gasteiger charge is 2.34. The van der Waals surface area contributed by atoms with Gasteiger partial charge in [0.25, 0.3) is 11.8 Å². The summed E-state index contributed by atoms with van der Waals surface area (Å²) in [6, 6.07) is 8.66. The monoisotopic (exact) mass is 386 g/mol. The number of likely N-dealkylation sites (tertiary alicyclic amines) is 1. The summed E-state index contributed by atoms with van der Waals surface area (Å²) < 4.78 is 18.4. The smallest absolute Gasteiger partial charge is 0.290 e. The molecule has 9 heteroatoms. The van der Waals surface area contributed by atoms with Crippen LogP contribution in [0.5, 0.6) is 0 Å². The van der Waals surface area contributed by atoms with E-state index in [1.54, 1.807) is 23.1 Å². The lowest BCUT2D eigenvalue weighted by atomic mass is 10.2. The number of carbonyl (C=O) groups excluding carboxylic acids is 2. The van der Waals surface area contributed by atoms with E-state index in [2.05, 4.69) is 15.5 Å². The molecule has 1 aromatic carbocycles. The third kappa shape index (κ3) is 3.59. The van der Waals surface area contributed by atoms with Crippen molar-refractivity contribution in [3.8, 4) is 0 Å². The van der Waals surface area contributed by atoms with Gasteiger partial charge in [0.05, 0.1) is 12.3 Å². The molecule has 7 nitrogen and oxygen atoms in total. The van der Waals surface area contributed by atoms with Gasteiger partial charge in [0.15, 0.2) is 5.76 Å². The number of carbonyl (C=O) groups is 2. The molecular weight excluding hydrogens is 371 g/mol. The van der Waals surface area contributed by atoms with E-state index in [-0.39, 0.29) is 22.7 Å². The molecule has 0 aliphatic carbocycles. The number of anilines is 1. The Bertz CT molecular complexity index is 973. The van der Waals surface area contributed by atoms with Crippen molar-refractivity contribution >= 4 is 28.8 Å². The van der Waals surface area contributed by atoms with Crippen molar-refractivity contribution in [2.75, 3.05) is 11.9 Å². The summed E-state index contributed by atoms with van der Waals surface area (Å²) in [6.07, 6.45) is 3.03. The zero-order chi connectivity index (χ0) is 18.8. The Balaban J connectivity index is 1.49. The lowest BCUT2D eigenvalue weighted by molar-refractivity contribution is 0.0702. The maximum absolute atomic E-state index is 13.2. The van der Waals surface area contributed by atoms with E-state index in [1.165, 1.54) is 24.5 Å². The Labute approximate surface area is 157 Å². The molecule has 1 aliphatic rings. The predicted octanol–water partition coefficient (Wildman–Crippen LogP) is 3.50. The zero-order valence-electron chi connectivity index (χ0n) is 14.1. The van der Waals surface area contributed by atoms with Gasteiger partial charge in [-0.15, -0.1) is 10.2 Å². The first kappa shape index (κ1) is 17.3. The van der Waals surface area contributed by atoms with Crippen LogP contribution in [0, 0.1) is 5.82 Å². The van der Waals surface area contributed by atoms with Crippen LogP contribution in [0.4, 0.5) is 10.1 Å². The van der Waals surface area contributed by atoms with Gasteiger partial charge >= 0.3 is 0 Å². The molecule has 3 aromatic rings. The van der Waals surface area contributed by atoms with Crippen LogP contribution in [-0.2, 0) is 0 Å². The van der Waals surface area contributed by atoms with Gasteiger partial charge in [-0.25, -0.2) is 4.39 Å². The molecule has 1 atom stereocenters. The zero-order valence-corrected chi connectivity index (χ0v) is 14.9. The average Bonchev–Trinajstić information content (AvgIpc) is 3.41. The maximum Gasteiger partial charge on any atom is 0.290 e. The number of hydrogen-bond donors (Lipinski definition) is 1. The molecule has 1 fully saturated rings. The van der Waals surface area contributed by atoms with Crippen molar-refractivity contribution in [1.29, 1.82) is 0 Å². The molecule has 1 aliphatic heterocycles. The van der Waals surface area contributed by atoms with Gasteiger partial charge < -0.3 is 14.6 Å². The molecule has 1 N–H and O–H groups in total. The first-order chi connectivity index (χ1) is 13.1. The van der Waals surface area contributed by atoms with Gasteiger partial charge in [-0.3, -0.25) is 9.59 Å². The number of aromatic nitrogens is 2. The summed E-state index contributed by atoms with van der Waals surface area (Å²) in [6.45, 7) is 0.592. The van der Waals surface area contributed by atoms with Crippen LogP contribution >= 0.6 is 11.3 Å². The first-order valence-corrected chi connectivity index (χ1v) is 9.18. The summed E-state index contributed by atoms with van der Waals surface area (Å²) in [5.74, 6) is -0.839. The average molecular weight is 386 g/mol. The van der Waals surface area contributed by atoms with Crippen LogP contribution < -0.4 is 5.32 Å². The van der Waals surface area contributed by atoms with Gasteiger partial charge in [-0.1, -0.05) is 17.4 Å². The predicted molar refractivity (Wildman–Crippen MR) is 96.0 cm³/mol. The Morgan fingerprint density at radius 3 is 2.93 bits per heavy atom. The second kappa shape index (κ2) is 7.28. The third-order valence-corrected chi connectivity index (χ3v) is 5.27. The van der Waals surface area contributed by atoms with Crippen molar-refractivity contribution < 1.29 is 18.4 Å². The Morgan fingerprint density at radius 1 is 1.26 bits per heavy atom. The molecule has 0 saturated carbocycles. The van der Waals surface area contributed by atoms with Gasteiger partial charge in [0, 0.05) is 12.2 Å². The lowest BCUT2D eigenvalue weighted by Gasteiger charge is -2.21.